The zero-order valence-electron chi connectivity index (χ0n) is 15.8. The molecule has 148 valence electrons. The highest BCUT2D eigenvalue weighted by atomic mass is 16.5. The Hall–Kier alpha value is -3.00. The zero-order chi connectivity index (χ0) is 19.9. The van der Waals surface area contributed by atoms with E-state index in [1.165, 1.54) is 12.4 Å². The summed E-state index contributed by atoms with van der Waals surface area (Å²) in [6.45, 7) is 3.08. The second-order valence-corrected chi connectivity index (χ2v) is 6.58. The van der Waals surface area contributed by atoms with E-state index in [-0.39, 0.29) is 23.8 Å². The van der Waals surface area contributed by atoms with Crippen LogP contribution >= 0.6 is 0 Å². The molecule has 0 spiro atoms. The number of ether oxygens (including phenoxy) is 2. The van der Waals surface area contributed by atoms with Crippen molar-refractivity contribution in [2.24, 2.45) is 11.7 Å². The molecule has 0 bridgehead atoms. The number of nitrogens with zero attached hydrogens (tertiary/aromatic N) is 4. The van der Waals surface area contributed by atoms with E-state index in [2.05, 4.69) is 31.1 Å². The van der Waals surface area contributed by atoms with Crippen LogP contribution in [0.1, 0.15) is 30.6 Å². The van der Waals surface area contributed by atoms with Gasteiger partial charge in [-0.3, -0.25) is 4.98 Å². The molecule has 0 amide bonds. The first-order chi connectivity index (χ1) is 13.6. The van der Waals surface area contributed by atoms with Crippen LogP contribution in [0, 0.1) is 17.2 Å². The Balaban J connectivity index is 1.71. The third-order valence-electron chi connectivity index (χ3n) is 4.40. The summed E-state index contributed by atoms with van der Waals surface area (Å²) in [5, 5.41) is 12.0. The smallest absolute Gasteiger partial charge is 0.158 e. The van der Waals surface area contributed by atoms with Crippen LogP contribution in [0.3, 0.4) is 0 Å². The Morgan fingerprint density at radius 1 is 1.29 bits per heavy atom. The predicted octanol–water partition coefficient (Wildman–Crippen LogP) is 0.703. The lowest BCUT2D eigenvalue weighted by Gasteiger charge is -2.20. The van der Waals surface area contributed by atoms with E-state index in [1.54, 1.807) is 19.5 Å². The van der Waals surface area contributed by atoms with Gasteiger partial charge in [-0.15, -0.1) is 0 Å². The van der Waals surface area contributed by atoms with Gasteiger partial charge in [0.05, 0.1) is 56.3 Å². The maximum absolute atomic E-state index is 8.81. The molecule has 0 saturated carbocycles. The minimum Gasteiger partial charge on any atom is -0.495 e. The molecule has 2 aromatic heterocycles. The number of rotatable bonds is 8. The van der Waals surface area contributed by atoms with E-state index in [0.29, 0.717) is 36.9 Å². The molecule has 2 unspecified atom stereocenters. The molecule has 1 saturated heterocycles. The monoisotopic (exact) mass is 384 g/mol. The lowest BCUT2D eigenvalue weighted by Crippen LogP contribution is -2.36. The largest absolute Gasteiger partial charge is 0.495 e. The van der Waals surface area contributed by atoms with Gasteiger partial charge < -0.3 is 20.5 Å². The van der Waals surface area contributed by atoms with E-state index in [9.17, 15) is 0 Å². The van der Waals surface area contributed by atoms with Gasteiger partial charge in [0.15, 0.2) is 5.69 Å². The van der Waals surface area contributed by atoms with Crippen LogP contribution < -0.4 is 31.4 Å². The summed E-state index contributed by atoms with van der Waals surface area (Å²) in [6.07, 6.45) is 6.92. The highest BCUT2D eigenvalue weighted by Crippen LogP contribution is 2.37. The van der Waals surface area contributed by atoms with Crippen LogP contribution in [-0.2, 0) is 0 Å². The minimum absolute atomic E-state index is 0.0648. The molecule has 3 atom stereocenters. The molecule has 2 aromatic rings. The normalized spacial score (nSPS) is 19.6. The molecular formula is C18H24N8O2. The second-order valence-electron chi connectivity index (χ2n) is 6.58. The number of hydrogen-bond acceptors (Lipinski definition) is 10. The topological polar surface area (TPSA) is 143 Å². The minimum atomic E-state index is -0.0964. The summed E-state index contributed by atoms with van der Waals surface area (Å²) in [5.74, 6) is 2.13. The van der Waals surface area contributed by atoms with E-state index in [4.69, 9.17) is 20.5 Å². The molecule has 5 N–H and O–H groups in total. The molecule has 10 heteroatoms. The quantitative estimate of drug-likeness (QED) is 0.513. The molecule has 28 heavy (non-hydrogen) atoms. The van der Waals surface area contributed by atoms with E-state index in [1.807, 2.05) is 13.0 Å². The van der Waals surface area contributed by atoms with Gasteiger partial charge in [0.1, 0.15) is 23.4 Å². The Kier molecular flexibility index (Phi) is 6.54. The fourth-order valence-electron chi connectivity index (χ4n) is 2.83. The van der Waals surface area contributed by atoms with Crippen LogP contribution in [0.5, 0.6) is 11.5 Å². The van der Waals surface area contributed by atoms with E-state index >= 15 is 0 Å². The lowest BCUT2D eigenvalue weighted by molar-refractivity contribution is 0.256. The summed E-state index contributed by atoms with van der Waals surface area (Å²) in [7, 11) is 1.61. The van der Waals surface area contributed by atoms with E-state index in [0.717, 1.165) is 5.56 Å². The number of aromatic nitrogens is 3. The Morgan fingerprint density at radius 3 is 2.79 bits per heavy atom. The van der Waals surface area contributed by atoms with Crippen molar-refractivity contribution in [3.63, 3.8) is 0 Å². The van der Waals surface area contributed by atoms with Crippen LogP contribution in [-0.4, -0.2) is 41.4 Å². The molecule has 3 rings (SSSR count). The molecule has 0 aromatic carbocycles. The molecule has 3 heterocycles. The van der Waals surface area contributed by atoms with Gasteiger partial charge in [0.25, 0.3) is 0 Å². The zero-order valence-corrected chi connectivity index (χ0v) is 15.8. The standard InChI is InChI=1S/C18H24N8O2/c1-11(4-19)10-28-15-8-21-7-14(27-2)18(15)13-3-16(26-25-13)24-17-9-22-12(5-20)6-23-17/h6-9,11,13,16,25-26H,3-4,10,19H2,1-2H3,(H,23,24)/t11-,13?,16?/m1/s1. The first-order valence-corrected chi connectivity index (χ1v) is 8.99. The average Bonchev–Trinajstić information content (AvgIpc) is 3.20. The molecule has 0 radical (unpaired) electrons. The van der Waals surface area contributed by atoms with Crippen molar-refractivity contribution < 1.29 is 9.47 Å². The van der Waals surface area contributed by atoms with Crippen molar-refractivity contribution >= 4 is 5.82 Å². The lowest BCUT2D eigenvalue weighted by atomic mass is 10.0. The molecule has 10 nitrogen and oxygen atoms in total. The van der Waals surface area contributed by atoms with Gasteiger partial charge in [-0.2, -0.15) is 5.26 Å². The molecule has 1 aliphatic rings. The Bertz CT molecular complexity index is 823. The van der Waals surface area contributed by atoms with Gasteiger partial charge in [-0.05, 0) is 6.54 Å². The maximum atomic E-state index is 8.81. The van der Waals surface area contributed by atoms with Crippen LogP contribution in [0.2, 0.25) is 0 Å². The van der Waals surface area contributed by atoms with Crippen LogP contribution in [0.4, 0.5) is 5.82 Å². The van der Waals surface area contributed by atoms with Crippen molar-refractivity contribution in [1.29, 1.82) is 5.26 Å². The number of nitriles is 1. The third kappa shape index (κ3) is 4.64. The number of nitrogens with one attached hydrogen (secondary N) is 3. The summed E-state index contributed by atoms with van der Waals surface area (Å²) < 4.78 is 11.5. The van der Waals surface area contributed by atoms with Crippen molar-refractivity contribution in [3.8, 4) is 17.6 Å². The van der Waals surface area contributed by atoms with Crippen molar-refractivity contribution in [1.82, 2.24) is 25.8 Å². The number of hydrogen-bond donors (Lipinski definition) is 4. The fraction of sp³-hybridized carbons (Fsp3) is 0.444. The SMILES string of the molecule is COc1cncc(OC[C@H](C)CN)c1C1CC(Nc2cnc(C#N)cn2)NN1. The van der Waals surface area contributed by atoms with Gasteiger partial charge in [0.2, 0.25) is 0 Å². The Morgan fingerprint density at radius 2 is 2.11 bits per heavy atom. The summed E-state index contributed by atoms with van der Waals surface area (Å²) >= 11 is 0. The van der Waals surface area contributed by atoms with Crippen LogP contribution in [0.25, 0.3) is 0 Å². The third-order valence-corrected chi connectivity index (χ3v) is 4.40. The summed E-state index contributed by atoms with van der Waals surface area (Å²) in [5.41, 5.74) is 13.3. The first kappa shape index (κ1) is 19.8. The Labute approximate surface area is 163 Å². The van der Waals surface area contributed by atoms with E-state index < -0.39 is 0 Å². The number of hydrazine groups is 1. The number of anilines is 1. The number of nitrogens with two attached hydrogens (primary N) is 1. The van der Waals surface area contributed by atoms with Gasteiger partial charge in [-0.25, -0.2) is 20.8 Å². The van der Waals surface area contributed by atoms with Crippen molar-refractivity contribution in [2.45, 2.75) is 25.6 Å². The molecule has 0 aliphatic carbocycles. The number of methoxy groups -OCH3 is 1. The number of pyridine rings is 1. The maximum Gasteiger partial charge on any atom is 0.158 e. The average molecular weight is 384 g/mol. The summed E-state index contributed by atoms with van der Waals surface area (Å²) in [6, 6.07) is 1.88. The molecule has 1 aliphatic heterocycles. The molecule has 1 fully saturated rings. The predicted molar refractivity (Wildman–Crippen MR) is 102 cm³/mol. The summed E-state index contributed by atoms with van der Waals surface area (Å²) in [4.78, 5) is 12.4. The van der Waals surface area contributed by atoms with Gasteiger partial charge in [-0.1, -0.05) is 6.92 Å². The molecular weight excluding hydrogens is 360 g/mol. The second kappa shape index (κ2) is 9.27. The van der Waals surface area contributed by atoms with Gasteiger partial charge in [0, 0.05) is 12.3 Å². The highest BCUT2D eigenvalue weighted by Gasteiger charge is 2.30. The van der Waals surface area contributed by atoms with Crippen molar-refractivity contribution in [3.05, 3.63) is 36.0 Å². The highest BCUT2D eigenvalue weighted by molar-refractivity contribution is 5.45. The van der Waals surface area contributed by atoms with Crippen molar-refractivity contribution in [2.75, 3.05) is 25.6 Å². The fourth-order valence-corrected chi connectivity index (χ4v) is 2.83. The first-order valence-electron chi connectivity index (χ1n) is 8.99. The van der Waals surface area contributed by atoms with Gasteiger partial charge >= 0.3 is 0 Å². The van der Waals surface area contributed by atoms with Crippen LogP contribution in [0.15, 0.2) is 24.8 Å².